The van der Waals surface area contributed by atoms with Crippen LogP contribution in [0.15, 0.2) is 66.9 Å². The molecule has 0 radical (unpaired) electrons. The summed E-state index contributed by atoms with van der Waals surface area (Å²) in [7, 11) is 0. The minimum absolute atomic E-state index is 0.167. The van der Waals surface area contributed by atoms with E-state index >= 15 is 0 Å². The van der Waals surface area contributed by atoms with Gasteiger partial charge in [-0.25, -0.2) is 4.98 Å². The number of morpholine rings is 1. The van der Waals surface area contributed by atoms with Gasteiger partial charge < -0.3 is 20.3 Å². The van der Waals surface area contributed by atoms with E-state index in [0.29, 0.717) is 24.6 Å². The Labute approximate surface area is 170 Å². The molecule has 2 heterocycles. The van der Waals surface area contributed by atoms with Crippen molar-refractivity contribution in [1.29, 1.82) is 0 Å². The highest BCUT2D eigenvalue weighted by molar-refractivity contribution is 6.06. The van der Waals surface area contributed by atoms with Gasteiger partial charge in [-0.1, -0.05) is 29.8 Å². The third kappa shape index (κ3) is 4.73. The lowest BCUT2D eigenvalue weighted by Gasteiger charge is -2.30. The van der Waals surface area contributed by atoms with Gasteiger partial charge in [-0.3, -0.25) is 4.79 Å². The molecule has 1 aliphatic heterocycles. The molecule has 6 heteroatoms. The van der Waals surface area contributed by atoms with Gasteiger partial charge in [0.15, 0.2) is 0 Å². The molecule has 6 nitrogen and oxygen atoms in total. The van der Waals surface area contributed by atoms with Gasteiger partial charge in [0.1, 0.15) is 5.82 Å². The molecule has 148 valence electrons. The second-order valence-corrected chi connectivity index (χ2v) is 6.99. The summed E-state index contributed by atoms with van der Waals surface area (Å²) in [6.07, 6.45) is 1.64. The van der Waals surface area contributed by atoms with Gasteiger partial charge in [0.25, 0.3) is 5.91 Å². The normalized spacial score (nSPS) is 13.8. The molecule has 0 unspecified atom stereocenters. The topological polar surface area (TPSA) is 66.5 Å². The van der Waals surface area contributed by atoms with E-state index < -0.39 is 0 Å². The molecule has 1 saturated heterocycles. The van der Waals surface area contributed by atoms with Crippen molar-refractivity contribution in [2.24, 2.45) is 0 Å². The Morgan fingerprint density at radius 3 is 2.59 bits per heavy atom. The van der Waals surface area contributed by atoms with Crippen LogP contribution in [0.3, 0.4) is 0 Å². The van der Waals surface area contributed by atoms with Crippen LogP contribution in [0.1, 0.15) is 15.9 Å². The first kappa shape index (κ1) is 19.0. The summed E-state index contributed by atoms with van der Waals surface area (Å²) >= 11 is 0. The fraction of sp³-hybridized carbons (Fsp3) is 0.217. The van der Waals surface area contributed by atoms with Gasteiger partial charge >= 0.3 is 0 Å². The Balaban J connectivity index is 1.50. The molecule has 0 bridgehead atoms. The monoisotopic (exact) mass is 388 g/mol. The molecule has 2 aromatic carbocycles. The Bertz CT molecular complexity index is 982. The van der Waals surface area contributed by atoms with Crippen LogP contribution in [0.25, 0.3) is 0 Å². The van der Waals surface area contributed by atoms with Crippen LogP contribution in [0, 0.1) is 6.92 Å². The summed E-state index contributed by atoms with van der Waals surface area (Å²) in [4.78, 5) is 19.4. The lowest BCUT2D eigenvalue weighted by atomic mass is 10.2. The maximum absolute atomic E-state index is 12.9. The van der Waals surface area contributed by atoms with E-state index in [1.165, 1.54) is 5.56 Å². The van der Waals surface area contributed by atoms with Crippen molar-refractivity contribution in [3.05, 3.63) is 78.0 Å². The number of nitrogens with one attached hydrogen (secondary N) is 2. The number of anilines is 4. The number of ether oxygens (including phenoxy) is 1. The van der Waals surface area contributed by atoms with E-state index in [4.69, 9.17) is 4.74 Å². The van der Waals surface area contributed by atoms with Crippen molar-refractivity contribution in [2.45, 2.75) is 6.92 Å². The molecule has 1 aromatic heterocycles. The highest BCUT2D eigenvalue weighted by atomic mass is 16.5. The fourth-order valence-electron chi connectivity index (χ4n) is 3.28. The van der Waals surface area contributed by atoms with Crippen molar-refractivity contribution in [3.63, 3.8) is 0 Å². The van der Waals surface area contributed by atoms with Crippen LogP contribution in [0.4, 0.5) is 22.9 Å². The van der Waals surface area contributed by atoms with Crippen molar-refractivity contribution in [3.8, 4) is 0 Å². The molecular formula is C23H24N4O2. The van der Waals surface area contributed by atoms with E-state index in [1.807, 2.05) is 55.5 Å². The van der Waals surface area contributed by atoms with Crippen LogP contribution in [0.5, 0.6) is 0 Å². The predicted octanol–water partition coefficient (Wildman–Crippen LogP) is 4.22. The summed E-state index contributed by atoms with van der Waals surface area (Å²) in [5.41, 5.74) is 4.47. The first-order chi connectivity index (χ1) is 14.2. The van der Waals surface area contributed by atoms with Crippen LogP contribution in [0.2, 0.25) is 0 Å². The molecule has 4 rings (SSSR count). The number of carbonyl (C=O) groups excluding carboxylic acids is 1. The molecule has 29 heavy (non-hydrogen) atoms. The van der Waals surface area contributed by atoms with E-state index in [1.54, 1.807) is 18.3 Å². The molecule has 1 fully saturated rings. The standard InChI is InChI=1S/C23H24N4O2/c1-17-6-8-19(9-7-17)25-22-16-18(10-11-24-22)23(28)26-20-4-2-3-5-21(20)27-12-14-29-15-13-27/h2-11,16H,12-15H2,1H3,(H,24,25)(H,26,28). The summed E-state index contributed by atoms with van der Waals surface area (Å²) in [5.74, 6) is 0.461. The van der Waals surface area contributed by atoms with Crippen LogP contribution >= 0.6 is 0 Å². The molecule has 3 aromatic rings. The smallest absolute Gasteiger partial charge is 0.255 e. The zero-order valence-electron chi connectivity index (χ0n) is 16.4. The summed E-state index contributed by atoms with van der Waals surface area (Å²) < 4.78 is 5.44. The maximum atomic E-state index is 12.9. The van der Waals surface area contributed by atoms with Crippen molar-refractivity contribution < 1.29 is 9.53 Å². The number of amides is 1. The average molecular weight is 388 g/mol. The number of carbonyl (C=O) groups is 1. The van der Waals surface area contributed by atoms with Gasteiger partial charge in [0.05, 0.1) is 24.6 Å². The van der Waals surface area contributed by atoms with Gasteiger partial charge in [0.2, 0.25) is 0 Å². The second-order valence-electron chi connectivity index (χ2n) is 6.99. The predicted molar refractivity (Wildman–Crippen MR) is 116 cm³/mol. The fourth-order valence-corrected chi connectivity index (χ4v) is 3.28. The second kappa shape index (κ2) is 8.75. The number of rotatable bonds is 5. The Morgan fingerprint density at radius 1 is 1.03 bits per heavy atom. The minimum Gasteiger partial charge on any atom is -0.378 e. The van der Waals surface area contributed by atoms with E-state index in [9.17, 15) is 4.79 Å². The first-order valence-corrected chi connectivity index (χ1v) is 9.72. The van der Waals surface area contributed by atoms with Crippen LogP contribution in [-0.2, 0) is 4.74 Å². The Morgan fingerprint density at radius 2 is 1.79 bits per heavy atom. The molecule has 0 spiro atoms. The van der Waals surface area contributed by atoms with Gasteiger partial charge in [0, 0.05) is 30.5 Å². The number of hydrogen-bond donors (Lipinski definition) is 2. The van der Waals surface area contributed by atoms with Crippen molar-refractivity contribution >= 4 is 28.8 Å². The number of benzene rings is 2. The number of aryl methyl sites for hydroxylation is 1. The maximum Gasteiger partial charge on any atom is 0.255 e. The van der Waals surface area contributed by atoms with Crippen LogP contribution in [-0.4, -0.2) is 37.2 Å². The lowest BCUT2D eigenvalue weighted by Crippen LogP contribution is -2.36. The van der Waals surface area contributed by atoms with Crippen molar-refractivity contribution in [2.75, 3.05) is 41.8 Å². The highest BCUT2D eigenvalue weighted by Gasteiger charge is 2.16. The molecule has 1 aliphatic rings. The molecule has 2 N–H and O–H groups in total. The Hall–Kier alpha value is -3.38. The molecular weight excluding hydrogens is 364 g/mol. The number of hydrogen-bond acceptors (Lipinski definition) is 5. The highest BCUT2D eigenvalue weighted by Crippen LogP contribution is 2.27. The van der Waals surface area contributed by atoms with Gasteiger partial charge in [-0.05, 0) is 43.3 Å². The number of nitrogens with zero attached hydrogens (tertiary/aromatic N) is 2. The quantitative estimate of drug-likeness (QED) is 0.685. The van der Waals surface area contributed by atoms with Gasteiger partial charge in [-0.15, -0.1) is 0 Å². The minimum atomic E-state index is -0.167. The number of para-hydroxylation sites is 2. The largest absolute Gasteiger partial charge is 0.378 e. The molecule has 0 aliphatic carbocycles. The zero-order chi connectivity index (χ0) is 20.1. The summed E-state index contributed by atoms with van der Waals surface area (Å²) in [5, 5.41) is 6.29. The zero-order valence-corrected chi connectivity index (χ0v) is 16.4. The van der Waals surface area contributed by atoms with E-state index in [-0.39, 0.29) is 5.91 Å². The van der Waals surface area contributed by atoms with Gasteiger partial charge in [-0.2, -0.15) is 0 Å². The molecule has 1 amide bonds. The average Bonchev–Trinajstić information content (AvgIpc) is 2.76. The molecule has 0 atom stereocenters. The SMILES string of the molecule is Cc1ccc(Nc2cc(C(=O)Nc3ccccc3N3CCOCC3)ccn2)cc1. The van der Waals surface area contributed by atoms with Crippen LogP contribution < -0.4 is 15.5 Å². The third-order valence-corrected chi connectivity index (χ3v) is 4.85. The lowest BCUT2D eigenvalue weighted by molar-refractivity contribution is 0.102. The molecule has 0 saturated carbocycles. The number of pyridine rings is 1. The van der Waals surface area contributed by atoms with E-state index in [0.717, 1.165) is 30.2 Å². The number of aromatic nitrogens is 1. The van der Waals surface area contributed by atoms with Crippen molar-refractivity contribution in [1.82, 2.24) is 4.98 Å². The third-order valence-electron chi connectivity index (χ3n) is 4.85. The Kier molecular flexibility index (Phi) is 5.72. The summed E-state index contributed by atoms with van der Waals surface area (Å²) in [6, 6.07) is 19.4. The summed E-state index contributed by atoms with van der Waals surface area (Å²) in [6.45, 7) is 5.06. The van der Waals surface area contributed by atoms with E-state index in [2.05, 4.69) is 20.5 Å². The first-order valence-electron chi connectivity index (χ1n) is 9.72.